The quantitative estimate of drug-likeness (QED) is 0.683. The van der Waals surface area contributed by atoms with Crippen molar-refractivity contribution in [1.29, 1.82) is 0 Å². The van der Waals surface area contributed by atoms with Gasteiger partial charge in [0.1, 0.15) is 0 Å². The number of hydrogen-bond donors (Lipinski definition) is 0. The number of Topliss-reactive ketones (excluding diaryl/α,β-unsaturated/α-hetero) is 1. The van der Waals surface area contributed by atoms with Crippen LogP contribution in [-0.2, 0) is 4.79 Å². The second-order valence-corrected chi connectivity index (χ2v) is 6.84. The van der Waals surface area contributed by atoms with Crippen LogP contribution in [0.3, 0.4) is 0 Å². The fourth-order valence-corrected chi connectivity index (χ4v) is 3.65. The van der Waals surface area contributed by atoms with E-state index in [-0.39, 0.29) is 0 Å². The summed E-state index contributed by atoms with van der Waals surface area (Å²) in [5.74, 6) is 1.87. The number of ketones is 1. The lowest BCUT2D eigenvalue weighted by atomic mass is 9.82. The van der Waals surface area contributed by atoms with E-state index in [2.05, 4.69) is 27.7 Å². The predicted octanol–water partition coefficient (Wildman–Crippen LogP) is 4.52. The average Bonchev–Trinajstić information content (AvgIpc) is 2.84. The Labute approximate surface area is 106 Å². The first-order valence-electron chi connectivity index (χ1n) is 7.17. The van der Waals surface area contributed by atoms with Gasteiger partial charge in [-0.15, -0.1) is 0 Å². The summed E-state index contributed by atoms with van der Waals surface area (Å²) >= 11 is 0. The molecule has 0 amide bonds. The predicted molar refractivity (Wildman–Crippen MR) is 71.8 cm³/mol. The lowest BCUT2D eigenvalue weighted by molar-refractivity contribution is -0.115. The van der Waals surface area contributed by atoms with Crippen LogP contribution in [0.2, 0.25) is 0 Å². The Hall–Kier alpha value is -0.590. The summed E-state index contributed by atoms with van der Waals surface area (Å²) in [5, 5.41) is 0. The SMILES string of the molecule is CCCC(C)(C)CC1CC1C1=C(C)CCC1=O. The molecule has 0 heterocycles. The Balaban J connectivity index is 1.93. The smallest absolute Gasteiger partial charge is 0.159 e. The molecule has 0 radical (unpaired) electrons. The Kier molecular flexibility index (Phi) is 3.47. The molecule has 1 heteroatoms. The van der Waals surface area contributed by atoms with Gasteiger partial charge in [-0.2, -0.15) is 0 Å². The van der Waals surface area contributed by atoms with Crippen molar-refractivity contribution >= 4 is 5.78 Å². The molecular formula is C16H26O. The van der Waals surface area contributed by atoms with E-state index >= 15 is 0 Å². The molecule has 17 heavy (non-hydrogen) atoms. The molecule has 2 unspecified atom stereocenters. The molecular weight excluding hydrogens is 208 g/mol. The van der Waals surface area contributed by atoms with Gasteiger partial charge >= 0.3 is 0 Å². The largest absolute Gasteiger partial charge is 0.295 e. The lowest BCUT2D eigenvalue weighted by Gasteiger charge is -2.24. The summed E-state index contributed by atoms with van der Waals surface area (Å²) in [6, 6.07) is 0. The van der Waals surface area contributed by atoms with Crippen molar-refractivity contribution in [2.24, 2.45) is 17.3 Å². The number of rotatable bonds is 5. The fourth-order valence-electron chi connectivity index (χ4n) is 3.65. The van der Waals surface area contributed by atoms with Gasteiger partial charge in [-0.1, -0.05) is 32.8 Å². The molecule has 1 saturated carbocycles. The number of allylic oxidation sites excluding steroid dienone is 2. The van der Waals surface area contributed by atoms with E-state index in [9.17, 15) is 4.79 Å². The summed E-state index contributed by atoms with van der Waals surface area (Å²) in [7, 11) is 0. The van der Waals surface area contributed by atoms with Gasteiger partial charge in [-0.05, 0) is 55.4 Å². The Morgan fingerprint density at radius 2 is 2.00 bits per heavy atom. The normalized spacial score (nSPS) is 29.1. The Morgan fingerprint density at radius 3 is 2.53 bits per heavy atom. The maximum atomic E-state index is 11.8. The highest BCUT2D eigenvalue weighted by Gasteiger charge is 2.45. The van der Waals surface area contributed by atoms with E-state index in [0.29, 0.717) is 17.1 Å². The molecule has 0 aromatic carbocycles. The summed E-state index contributed by atoms with van der Waals surface area (Å²) in [6.45, 7) is 9.18. The second kappa shape index (κ2) is 4.59. The third-order valence-electron chi connectivity index (χ3n) is 4.52. The molecule has 2 aliphatic carbocycles. The van der Waals surface area contributed by atoms with Crippen molar-refractivity contribution in [1.82, 2.24) is 0 Å². The van der Waals surface area contributed by atoms with Crippen molar-refractivity contribution in [3.63, 3.8) is 0 Å². The molecule has 96 valence electrons. The molecule has 0 N–H and O–H groups in total. The molecule has 0 aromatic heterocycles. The van der Waals surface area contributed by atoms with E-state index in [4.69, 9.17) is 0 Å². The summed E-state index contributed by atoms with van der Waals surface area (Å²) in [6.07, 6.45) is 6.95. The highest BCUT2D eigenvalue weighted by Crippen LogP contribution is 2.53. The van der Waals surface area contributed by atoms with Gasteiger partial charge in [0.05, 0.1) is 0 Å². The number of carbonyl (C=O) groups excluding carboxylic acids is 1. The first-order valence-corrected chi connectivity index (χ1v) is 7.17. The maximum absolute atomic E-state index is 11.8. The van der Waals surface area contributed by atoms with Gasteiger partial charge in [0.25, 0.3) is 0 Å². The highest BCUT2D eigenvalue weighted by molar-refractivity contribution is 5.99. The van der Waals surface area contributed by atoms with Crippen molar-refractivity contribution < 1.29 is 4.79 Å². The highest BCUT2D eigenvalue weighted by atomic mass is 16.1. The molecule has 1 fully saturated rings. The van der Waals surface area contributed by atoms with Crippen molar-refractivity contribution in [3.05, 3.63) is 11.1 Å². The molecule has 2 rings (SSSR count). The molecule has 2 atom stereocenters. The van der Waals surface area contributed by atoms with Crippen LogP contribution in [0.1, 0.15) is 66.2 Å². The van der Waals surface area contributed by atoms with E-state index in [1.165, 1.54) is 36.8 Å². The van der Waals surface area contributed by atoms with Crippen LogP contribution in [0.15, 0.2) is 11.1 Å². The second-order valence-electron chi connectivity index (χ2n) is 6.84. The topological polar surface area (TPSA) is 17.1 Å². The minimum atomic E-state index is 0.447. The van der Waals surface area contributed by atoms with E-state index in [0.717, 1.165) is 18.8 Å². The number of hydrogen-bond acceptors (Lipinski definition) is 1. The van der Waals surface area contributed by atoms with Crippen LogP contribution >= 0.6 is 0 Å². The zero-order valence-corrected chi connectivity index (χ0v) is 11.8. The molecule has 0 spiro atoms. The van der Waals surface area contributed by atoms with Gasteiger partial charge in [-0.25, -0.2) is 0 Å². The molecule has 0 aromatic rings. The summed E-state index contributed by atoms with van der Waals surface area (Å²) in [5.41, 5.74) is 3.07. The third kappa shape index (κ3) is 2.81. The van der Waals surface area contributed by atoms with Gasteiger partial charge in [0.2, 0.25) is 0 Å². The van der Waals surface area contributed by atoms with Gasteiger partial charge in [0.15, 0.2) is 5.78 Å². The van der Waals surface area contributed by atoms with Crippen LogP contribution in [0.5, 0.6) is 0 Å². The zero-order valence-electron chi connectivity index (χ0n) is 11.8. The average molecular weight is 234 g/mol. The van der Waals surface area contributed by atoms with Crippen molar-refractivity contribution in [3.8, 4) is 0 Å². The lowest BCUT2D eigenvalue weighted by Crippen LogP contribution is -2.13. The van der Waals surface area contributed by atoms with Crippen LogP contribution in [0, 0.1) is 17.3 Å². The first-order chi connectivity index (χ1) is 7.94. The third-order valence-corrected chi connectivity index (χ3v) is 4.52. The van der Waals surface area contributed by atoms with Crippen molar-refractivity contribution in [2.45, 2.75) is 66.2 Å². The molecule has 0 saturated heterocycles. The van der Waals surface area contributed by atoms with Crippen LogP contribution in [0.25, 0.3) is 0 Å². The monoisotopic (exact) mass is 234 g/mol. The zero-order chi connectivity index (χ0) is 12.6. The molecule has 1 nitrogen and oxygen atoms in total. The number of carbonyl (C=O) groups is 1. The van der Waals surface area contributed by atoms with Crippen molar-refractivity contribution in [2.75, 3.05) is 0 Å². The molecule has 0 bridgehead atoms. The maximum Gasteiger partial charge on any atom is 0.159 e. The standard InChI is InChI=1S/C16H26O/c1-5-8-16(3,4)10-12-9-13(12)15-11(2)6-7-14(15)17/h12-13H,5-10H2,1-4H3. The molecule has 2 aliphatic rings. The van der Waals surface area contributed by atoms with Gasteiger partial charge < -0.3 is 0 Å². The minimum absolute atomic E-state index is 0.447. The van der Waals surface area contributed by atoms with Gasteiger partial charge in [0, 0.05) is 6.42 Å². The van der Waals surface area contributed by atoms with Gasteiger partial charge in [-0.3, -0.25) is 4.79 Å². The summed E-state index contributed by atoms with van der Waals surface area (Å²) < 4.78 is 0. The van der Waals surface area contributed by atoms with E-state index < -0.39 is 0 Å². The van der Waals surface area contributed by atoms with Crippen LogP contribution in [-0.4, -0.2) is 5.78 Å². The minimum Gasteiger partial charge on any atom is -0.295 e. The van der Waals surface area contributed by atoms with Crippen LogP contribution in [0.4, 0.5) is 0 Å². The van der Waals surface area contributed by atoms with E-state index in [1.807, 2.05) is 0 Å². The molecule has 0 aliphatic heterocycles. The Morgan fingerprint density at radius 1 is 1.29 bits per heavy atom. The van der Waals surface area contributed by atoms with Crippen LogP contribution < -0.4 is 0 Å². The van der Waals surface area contributed by atoms with E-state index in [1.54, 1.807) is 0 Å². The fraction of sp³-hybridized carbons (Fsp3) is 0.812. The summed E-state index contributed by atoms with van der Waals surface area (Å²) in [4.78, 5) is 11.8. The Bertz CT molecular complexity index is 349. The first kappa shape index (κ1) is 12.9.